The Kier molecular flexibility index (Phi) is 3.95. The quantitative estimate of drug-likeness (QED) is 0.488. The fourth-order valence-corrected chi connectivity index (χ4v) is 2.06. The Labute approximate surface area is 123 Å². The number of nitrogens with zero attached hydrogens (tertiary/aromatic N) is 2. The molecular weight excluding hydrogens is 300 g/mol. The van der Waals surface area contributed by atoms with Crippen molar-refractivity contribution in [2.75, 3.05) is 0 Å². The number of nitro groups is 2. The highest BCUT2D eigenvalue weighted by atomic mass is 35.5. The Hall–Kier alpha value is -2.80. The monoisotopic (exact) mass is 306 g/mol. The van der Waals surface area contributed by atoms with Crippen LogP contribution in [0.3, 0.4) is 0 Å². The number of halogens is 1. The van der Waals surface area contributed by atoms with Crippen molar-refractivity contribution in [3.8, 4) is 11.1 Å². The summed E-state index contributed by atoms with van der Waals surface area (Å²) in [5.41, 5.74) is -0.414. The third kappa shape index (κ3) is 2.87. The molecule has 0 bridgehead atoms. The first-order valence-corrected chi connectivity index (χ1v) is 6.01. The average Bonchev–Trinajstić information content (AvgIpc) is 2.46. The van der Waals surface area contributed by atoms with E-state index in [2.05, 4.69) is 0 Å². The Balaban J connectivity index is 2.67. The van der Waals surface area contributed by atoms with E-state index in [4.69, 9.17) is 11.6 Å². The SMILES string of the molecule is O=C(Cl)c1ccccc1-c1ccc([N+](=O)[O-])c([N+](=O)[O-])c1. The van der Waals surface area contributed by atoms with Gasteiger partial charge in [-0.3, -0.25) is 25.0 Å². The van der Waals surface area contributed by atoms with Gasteiger partial charge in [-0.1, -0.05) is 18.2 Å². The third-order valence-corrected chi connectivity index (χ3v) is 3.02. The van der Waals surface area contributed by atoms with Gasteiger partial charge >= 0.3 is 11.4 Å². The second-order valence-electron chi connectivity index (χ2n) is 4.04. The summed E-state index contributed by atoms with van der Waals surface area (Å²) in [7, 11) is 0. The molecule has 0 fully saturated rings. The number of carbonyl (C=O) groups excluding carboxylic acids is 1. The molecule has 0 spiro atoms. The normalized spacial score (nSPS) is 10.1. The fourth-order valence-electron chi connectivity index (χ4n) is 1.90. The van der Waals surface area contributed by atoms with Crippen molar-refractivity contribution in [3.63, 3.8) is 0 Å². The summed E-state index contributed by atoms with van der Waals surface area (Å²) in [4.78, 5) is 31.4. The lowest BCUT2D eigenvalue weighted by molar-refractivity contribution is -0.422. The van der Waals surface area contributed by atoms with E-state index in [1.165, 1.54) is 12.1 Å². The standard InChI is InChI=1S/C13H7ClN2O5/c14-13(17)10-4-2-1-3-9(10)8-5-6-11(15(18)19)12(7-8)16(20)21/h1-7H. The Morgan fingerprint density at radius 3 is 2.14 bits per heavy atom. The molecule has 0 N–H and O–H groups in total. The maximum Gasteiger partial charge on any atom is 0.346 e. The molecule has 7 nitrogen and oxygen atoms in total. The van der Waals surface area contributed by atoms with Gasteiger partial charge in [0.25, 0.3) is 5.24 Å². The molecule has 0 atom stereocenters. The average molecular weight is 307 g/mol. The highest BCUT2D eigenvalue weighted by molar-refractivity contribution is 6.68. The molecule has 0 unspecified atom stereocenters. The van der Waals surface area contributed by atoms with Gasteiger partial charge in [0.15, 0.2) is 0 Å². The molecule has 0 radical (unpaired) electrons. The molecule has 0 aliphatic carbocycles. The van der Waals surface area contributed by atoms with Crippen LogP contribution in [0.15, 0.2) is 42.5 Å². The predicted molar refractivity (Wildman–Crippen MR) is 75.4 cm³/mol. The summed E-state index contributed by atoms with van der Waals surface area (Å²) in [5, 5.41) is 21.0. The zero-order chi connectivity index (χ0) is 15.6. The lowest BCUT2D eigenvalue weighted by atomic mass is 9.99. The van der Waals surface area contributed by atoms with Crippen LogP contribution in [0.4, 0.5) is 11.4 Å². The van der Waals surface area contributed by atoms with Crippen LogP contribution in [0.1, 0.15) is 10.4 Å². The van der Waals surface area contributed by atoms with E-state index in [-0.39, 0.29) is 5.56 Å². The van der Waals surface area contributed by atoms with Gasteiger partial charge in [0.1, 0.15) is 0 Å². The minimum Gasteiger partial charge on any atom is -0.276 e. The summed E-state index contributed by atoms with van der Waals surface area (Å²) in [5.74, 6) is 0. The van der Waals surface area contributed by atoms with Crippen LogP contribution in [-0.4, -0.2) is 15.1 Å². The molecule has 106 valence electrons. The lowest BCUT2D eigenvalue weighted by Crippen LogP contribution is -1.98. The number of hydrogen-bond donors (Lipinski definition) is 0. The molecule has 2 aromatic carbocycles. The van der Waals surface area contributed by atoms with Crippen LogP contribution >= 0.6 is 11.6 Å². The van der Waals surface area contributed by atoms with Crippen LogP contribution in [0, 0.1) is 20.2 Å². The molecule has 21 heavy (non-hydrogen) atoms. The summed E-state index contributed by atoms with van der Waals surface area (Å²) in [6.45, 7) is 0. The highest BCUT2D eigenvalue weighted by Gasteiger charge is 2.25. The maximum absolute atomic E-state index is 11.4. The second-order valence-corrected chi connectivity index (χ2v) is 4.38. The van der Waals surface area contributed by atoms with E-state index in [0.29, 0.717) is 11.1 Å². The minimum absolute atomic E-state index is 0.169. The van der Waals surface area contributed by atoms with Gasteiger partial charge in [0.05, 0.1) is 9.85 Å². The van der Waals surface area contributed by atoms with Gasteiger partial charge in [-0.15, -0.1) is 0 Å². The van der Waals surface area contributed by atoms with Gasteiger partial charge in [-0.05, 0) is 34.9 Å². The Bertz CT molecular complexity index is 760. The van der Waals surface area contributed by atoms with Gasteiger partial charge in [-0.2, -0.15) is 0 Å². The Morgan fingerprint density at radius 1 is 0.952 bits per heavy atom. The summed E-state index contributed by atoms with van der Waals surface area (Å²) < 4.78 is 0. The van der Waals surface area contributed by atoms with Gasteiger partial charge < -0.3 is 0 Å². The molecule has 2 aromatic rings. The molecule has 8 heteroatoms. The minimum atomic E-state index is -0.841. The van der Waals surface area contributed by atoms with Crippen molar-refractivity contribution in [3.05, 3.63) is 68.3 Å². The summed E-state index contributed by atoms with van der Waals surface area (Å²) in [6, 6.07) is 9.67. The molecule has 0 saturated heterocycles. The predicted octanol–water partition coefficient (Wildman–Crippen LogP) is 3.55. The van der Waals surface area contributed by atoms with Crippen molar-refractivity contribution < 1.29 is 14.6 Å². The molecule has 0 aromatic heterocycles. The smallest absolute Gasteiger partial charge is 0.276 e. The van der Waals surface area contributed by atoms with E-state index >= 15 is 0 Å². The van der Waals surface area contributed by atoms with Crippen molar-refractivity contribution in [2.45, 2.75) is 0 Å². The van der Waals surface area contributed by atoms with Crippen molar-refractivity contribution in [1.82, 2.24) is 0 Å². The van der Waals surface area contributed by atoms with Gasteiger partial charge in [0.2, 0.25) is 0 Å². The Morgan fingerprint density at radius 2 is 1.57 bits per heavy atom. The molecule has 2 rings (SSSR count). The lowest BCUT2D eigenvalue weighted by Gasteiger charge is -2.06. The number of carbonyl (C=O) groups is 1. The van der Waals surface area contributed by atoms with Crippen LogP contribution in [0.5, 0.6) is 0 Å². The first-order valence-electron chi connectivity index (χ1n) is 5.64. The van der Waals surface area contributed by atoms with E-state index < -0.39 is 26.5 Å². The number of hydrogen-bond acceptors (Lipinski definition) is 5. The third-order valence-electron chi connectivity index (χ3n) is 2.82. The van der Waals surface area contributed by atoms with Crippen LogP contribution < -0.4 is 0 Å². The number of nitro benzene ring substituents is 2. The highest BCUT2D eigenvalue weighted by Crippen LogP contribution is 2.33. The van der Waals surface area contributed by atoms with E-state index in [0.717, 1.165) is 12.1 Å². The zero-order valence-corrected chi connectivity index (χ0v) is 11.1. The van der Waals surface area contributed by atoms with Gasteiger partial charge in [-0.25, -0.2) is 0 Å². The molecule has 0 amide bonds. The van der Waals surface area contributed by atoms with Crippen LogP contribution in [-0.2, 0) is 0 Å². The molecule has 0 heterocycles. The topological polar surface area (TPSA) is 103 Å². The summed E-state index contributed by atoms with van der Waals surface area (Å²) in [6.07, 6.45) is 0. The van der Waals surface area contributed by atoms with Crippen LogP contribution in [0.2, 0.25) is 0 Å². The summed E-state index contributed by atoms with van der Waals surface area (Å²) >= 11 is 5.46. The van der Waals surface area contributed by atoms with E-state index in [9.17, 15) is 25.0 Å². The number of benzene rings is 2. The first kappa shape index (κ1) is 14.6. The zero-order valence-electron chi connectivity index (χ0n) is 10.4. The largest absolute Gasteiger partial charge is 0.346 e. The fraction of sp³-hybridized carbons (Fsp3) is 0. The van der Waals surface area contributed by atoms with Crippen molar-refractivity contribution in [2.24, 2.45) is 0 Å². The van der Waals surface area contributed by atoms with Crippen LogP contribution in [0.25, 0.3) is 11.1 Å². The van der Waals surface area contributed by atoms with Crippen molar-refractivity contribution >= 4 is 28.2 Å². The molecule has 0 aliphatic rings. The van der Waals surface area contributed by atoms with Crippen molar-refractivity contribution in [1.29, 1.82) is 0 Å². The molecule has 0 aliphatic heterocycles. The van der Waals surface area contributed by atoms with Gasteiger partial charge in [0, 0.05) is 17.7 Å². The second kappa shape index (κ2) is 5.68. The van der Waals surface area contributed by atoms with E-state index in [1.54, 1.807) is 18.2 Å². The number of rotatable bonds is 4. The molecule has 0 saturated carbocycles. The molecular formula is C13H7ClN2O5. The first-order chi connectivity index (χ1) is 9.91. The van der Waals surface area contributed by atoms with E-state index in [1.807, 2.05) is 0 Å². The maximum atomic E-state index is 11.4.